The number of carbonyl (C=O) groups excluding carboxylic acids is 2. The Hall–Kier alpha value is -2.28. The van der Waals surface area contributed by atoms with E-state index in [1.54, 1.807) is 23.3 Å². The van der Waals surface area contributed by atoms with Crippen LogP contribution in [0.2, 0.25) is 0 Å². The SMILES string of the molecule is O=C(OCCOc1ccc(Br)cc1)[C@H]1CC(=O)N(Cc2ccco2)C1. The fourth-order valence-electron chi connectivity index (χ4n) is 2.62. The monoisotopic (exact) mass is 407 g/mol. The lowest BCUT2D eigenvalue weighted by atomic mass is 10.1. The van der Waals surface area contributed by atoms with Crippen molar-refractivity contribution < 1.29 is 23.5 Å². The highest BCUT2D eigenvalue weighted by molar-refractivity contribution is 9.10. The number of halogens is 1. The number of carbonyl (C=O) groups is 2. The number of hydrogen-bond donors (Lipinski definition) is 0. The number of furan rings is 1. The molecule has 6 nitrogen and oxygen atoms in total. The Balaban J connectivity index is 1.39. The van der Waals surface area contributed by atoms with E-state index in [9.17, 15) is 9.59 Å². The number of benzene rings is 1. The van der Waals surface area contributed by atoms with Gasteiger partial charge in [0.15, 0.2) is 0 Å². The van der Waals surface area contributed by atoms with Gasteiger partial charge in [-0.05, 0) is 36.4 Å². The lowest BCUT2D eigenvalue weighted by molar-refractivity contribution is -0.149. The molecular weight excluding hydrogens is 390 g/mol. The minimum absolute atomic E-state index is 0.0653. The highest BCUT2D eigenvalue weighted by atomic mass is 79.9. The van der Waals surface area contributed by atoms with E-state index >= 15 is 0 Å². The van der Waals surface area contributed by atoms with Crippen molar-refractivity contribution in [3.05, 3.63) is 52.9 Å². The molecule has 0 spiro atoms. The summed E-state index contributed by atoms with van der Waals surface area (Å²) < 4.78 is 16.9. The number of rotatable bonds is 7. The van der Waals surface area contributed by atoms with E-state index in [1.165, 1.54) is 0 Å². The van der Waals surface area contributed by atoms with E-state index in [4.69, 9.17) is 13.9 Å². The summed E-state index contributed by atoms with van der Waals surface area (Å²) in [4.78, 5) is 25.7. The van der Waals surface area contributed by atoms with Crippen molar-refractivity contribution in [2.45, 2.75) is 13.0 Å². The number of hydrogen-bond acceptors (Lipinski definition) is 5. The molecule has 1 aliphatic rings. The summed E-state index contributed by atoms with van der Waals surface area (Å²) in [7, 11) is 0. The minimum Gasteiger partial charge on any atom is -0.490 e. The predicted molar refractivity (Wildman–Crippen MR) is 92.8 cm³/mol. The third-order valence-electron chi connectivity index (χ3n) is 3.88. The Morgan fingerprint density at radius 3 is 2.76 bits per heavy atom. The van der Waals surface area contributed by atoms with Crippen molar-refractivity contribution in [1.82, 2.24) is 4.90 Å². The smallest absolute Gasteiger partial charge is 0.311 e. The van der Waals surface area contributed by atoms with Gasteiger partial charge in [-0.3, -0.25) is 9.59 Å². The number of nitrogens with zero attached hydrogens (tertiary/aromatic N) is 1. The first-order chi connectivity index (χ1) is 12.1. The van der Waals surface area contributed by atoms with Gasteiger partial charge in [0, 0.05) is 17.4 Å². The Kier molecular flexibility index (Phi) is 5.75. The lowest BCUT2D eigenvalue weighted by Gasteiger charge is -2.14. The van der Waals surface area contributed by atoms with Crippen molar-refractivity contribution in [1.29, 1.82) is 0 Å². The van der Waals surface area contributed by atoms with Gasteiger partial charge in [0.1, 0.15) is 24.7 Å². The van der Waals surface area contributed by atoms with Crippen LogP contribution in [0.3, 0.4) is 0 Å². The van der Waals surface area contributed by atoms with Crippen LogP contribution in [0.5, 0.6) is 5.75 Å². The van der Waals surface area contributed by atoms with Gasteiger partial charge in [0.25, 0.3) is 0 Å². The minimum atomic E-state index is -0.435. The molecule has 3 rings (SSSR count). The third kappa shape index (κ3) is 4.85. The largest absolute Gasteiger partial charge is 0.490 e. The zero-order valence-electron chi connectivity index (χ0n) is 13.5. The molecule has 25 heavy (non-hydrogen) atoms. The summed E-state index contributed by atoms with van der Waals surface area (Å²) in [6.07, 6.45) is 1.74. The first-order valence-electron chi connectivity index (χ1n) is 7.97. The maximum atomic E-state index is 12.1. The van der Waals surface area contributed by atoms with E-state index in [1.807, 2.05) is 24.3 Å². The van der Waals surface area contributed by atoms with Gasteiger partial charge in [-0.15, -0.1) is 0 Å². The second kappa shape index (κ2) is 8.20. The number of ether oxygens (including phenoxy) is 2. The van der Waals surface area contributed by atoms with Gasteiger partial charge in [-0.2, -0.15) is 0 Å². The van der Waals surface area contributed by atoms with E-state index in [0.29, 0.717) is 24.6 Å². The number of amides is 1. The van der Waals surface area contributed by atoms with Crippen molar-refractivity contribution in [3.63, 3.8) is 0 Å². The average Bonchev–Trinajstić information content (AvgIpc) is 3.24. The molecule has 1 amide bonds. The maximum absolute atomic E-state index is 12.1. The third-order valence-corrected chi connectivity index (χ3v) is 4.41. The molecule has 1 aromatic carbocycles. The molecular formula is C18H18BrNO5. The zero-order valence-corrected chi connectivity index (χ0v) is 15.1. The highest BCUT2D eigenvalue weighted by Crippen LogP contribution is 2.21. The summed E-state index contributed by atoms with van der Waals surface area (Å²) in [5.74, 6) is 0.541. The Morgan fingerprint density at radius 1 is 1.24 bits per heavy atom. The van der Waals surface area contributed by atoms with Crippen LogP contribution in [-0.4, -0.2) is 36.5 Å². The Labute approximate surface area is 153 Å². The molecule has 0 N–H and O–H groups in total. The molecule has 0 saturated carbocycles. The van der Waals surface area contributed by atoms with Gasteiger partial charge < -0.3 is 18.8 Å². The van der Waals surface area contributed by atoms with Gasteiger partial charge >= 0.3 is 5.97 Å². The molecule has 0 bridgehead atoms. The van der Waals surface area contributed by atoms with Crippen LogP contribution in [0.25, 0.3) is 0 Å². The molecule has 0 unspecified atom stereocenters. The average molecular weight is 408 g/mol. The zero-order chi connectivity index (χ0) is 17.6. The van der Waals surface area contributed by atoms with E-state index in [-0.39, 0.29) is 31.5 Å². The molecule has 7 heteroatoms. The van der Waals surface area contributed by atoms with Crippen LogP contribution >= 0.6 is 15.9 Å². The van der Waals surface area contributed by atoms with Crippen LogP contribution in [0.4, 0.5) is 0 Å². The van der Waals surface area contributed by atoms with Crippen molar-refractivity contribution in [2.75, 3.05) is 19.8 Å². The molecule has 1 aromatic heterocycles. The Morgan fingerprint density at radius 2 is 2.04 bits per heavy atom. The van der Waals surface area contributed by atoms with Crippen LogP contribution < -0.4 is 4.74 Å². The standard InChI is InChI=1S/C18H18BrNO5/c19-14-3-5-15(6-4-14)24-8-9-25-18(22)13-10-17(21)20(11-13)12-16-2-1-7-23-16/h1-7,13H,8-12H2/t13-/m0/s1. The van der Waals surface area contributed by atoms with Gasteiger partial charge in [0.05, 0.1) is 18.7 Å². The first kappa shape index (κ1) is 17.5. The summed E-state index contributed by atoms with van der Waals surface area (Å²) in [6.45, 7) is 1.15. The van der Waals surface area contributed by atoms with E-state index in [2.05, 4.69) is 15.9 Å². The topological polar surface area (TPSA) is 69.0 Å². The summed E-state index contributed by atoms with van der Waals surface area (Å²) in [6, 6.07) is 11.0. The van der Waals surface area contributed by atoms with Crippen molar-refractivity contribution >= 4 is 27.8 Å². The van der Waals surface area contributed by atoms with Crippen molar-refractivity contribution in [3.8, 4) is 5.75 Å². The van der Waals surface area contributed by atoms with E-state index in [0.717, 1.165) is 4.47 Å². The number of likely N-dealkylation sites (tertiary alicyclic amines) is 1. The number of esters is 1. The van der Waals surface area contributed by atoms with Crippen molar-refractivity contribution in [2.24, 2.45) is 5.92 Å². The Bertz CT molecular complexity index is 714. The summed E-state index contributed by atoms with van der Waals surface area (Å²) >= 11 is 3.35. The summed E-state index contributed by atoms with van der Waals surface area (Å²) in [5, 5.41) is 0. The van der Waals surface area contributed by atoms with Crippen LogP contribution in [0, 0.1) is 5.92 Å². The molecule has 1 aliphatic heterocycles. The van der Waals surface area contributed by atoms with E-state index < -0.39 is 5.92 Å². The summed E-state index contributed by atoms with van der Waals surface area (Å²) in [5.41, 5.74) is 0. The molecule has 2 aromatic rings. The lowest BCUT2D eigenvalue weighted by Crippen LogP contribution is -2.26. The molecule has 1 fully saturated rings. The first-order valence-corrected chi connectivity index (χ1v) is 8.76. The highest BCUT2D eigenvalue weighted by Gasteiger charge is 2.35. The molecule has 132 valence electrons. The van der Waals surface area contributed by atoms with Gasteiger partial charge in [0.2, 0.25) is 5.91 Å². The normalized spacial score (nSPS) is 16.9. The van der Waals surface area contributed by atoms with Gasteiger partial charge in [-0.1, -0.05) is 15.9 Å². The maximum Gasteiger partial charge on any atom is 0.311 e. The quantitative estimate of drug-likeness (QED) is 0.521. The molecule has 1 atom stereocenters. The van der Waals surface area contributed by atoms with Crippen LogP contribution in [0.1, 0.15) is 12.2 Å². The fraction of sp³-hybridized carbons (Fsp3) is 0.333. The van der Waals surface area contributed by atoms with Crippen LogP contribution in [-0.2, 0) is 20.9 Å². The molecule has 0 radical (unpaired) electrons. The second-order valence-corrected chi connectivity index (χ2v) is 6.64. The van der Waals surface area contributed by atoms with Crippen LogP contribution in [0.15, 0.2) is 51.6 Å². The molecule has 2 heterocycles. The molecule has 0 aliphatic carbocycles. The second-order valence-electron chi connectivity index (χ2n) is 5.72. The van der Waals surface area contributed by atoms with Gasteiger partial charge in [-0.25, -0.2) is 0 Å². The molecule has 1 saturated heterocycles. The predicted octanol–water partition coefficient (Wildman–Crippen LogP) is 3.01. The fourth-order valence-corrected chi connectivity index (χ4v) is 2.89.